The molecule has 0 amide bonds. The molecule has 22 heavy (non-hydrogen) atoms. The minimum absolute atomic E-state index is 0.531. The Bertz CT molecular complexity index is 755. The highest BCUT2D eigenvalue weighted by molar-refractivity contribution is 7.97. The van der Waals surface area contributed by atoms with Gasteiger partial charge in [0.25, 0.3) is 0 Å². The van der Waals surface area contributed by atoms with Crippen LogP contribution in [-0.2, 0) is 11.5 Å². The van der Waals surface area contributed by atoms with E-state index < -0.39 is 0 Å². The van der Waals surface area contributed by atoms with Gasteiger partial charge in [-0.3, -0.25) is 0 Å². The Morgan fingerprint density at radius 2 is 1.77 bits per heavy atom. The van der Waals surface area contributed by atoms with Crippen LogP contribution >= 0.6 is 23.4 Å². The fourth-order valence-corrected chi connectivity index (χ4v) is 3.10. The predicted octanol–water partition coefficient (Wildman–Crippen LogP) is 5.13. The number of nitrogens with zero attached hydrogens (tertiary/aromatic N) is 2. The molecule has 0 spiro atoms. The summed E-state index contributed by atoms with van der Waals surface area (Å²) >= 11 is 7.64. The maximum absolute atomic E-state index is 5.87. The van der Waals surface area contributed by atoms with Gasteiger partial charge in [-0.1, -0.05) is 35.9 Å². The smallest absolute Gasteiger partial charge is 0.247 e. The van der Waals surface area contributed by atoms with E-state index in [2.05, 4.69) is 41.4 Å². The first-order chi connectivity index (χ1) is 10.7. The third-order valence-electron chi connectivity index (χ3n) is 3.30. The molecule has 0 saturated heterocycles. The lowest BCUT2D eigenvalue weighted by molar-refractivity contribution is 0.528. The van der Waals surface area contributed by atoms with Crippen LogP contribution in [0.25, 0.3) is 11.5 Å². The van der Waals surface area contributed by atoms with Crippen LogP contribution in [0.4, 0.5) is 0 Å². The van der Waals surface area contributed by atoms with Gasteiger partial charge in [-0.15, -0.1) is 22.0 Å². The van der Waals surface area contributed by atoms with Crippen LogP contribution in [0.1, 0.15) is 17.0 Å². The Hall–Kier alpha value is -1.78. The van der Waals surface area contributed by atoms with E-state index in [1.807, 2.05) is 24.3 Å². The molecule has 0 atom stereocenters. The molecule has 3 rings (SSSR count). The molecule has 2 aromatic carbocycles. The van der Waals surface area contributed by atoms with Crippen molar-refractivity contribution in [2.75, 3.05) is 0 Å². The summed E-state index contributed by atoms with van der Waals surface area (Å²) in [6.07, 6.45) is 0. The number of hydrogen-bond acceptors (Lipinski definition) is 4. The zero-order valence-electron chi connectivity index (χ0n) is 12.1. The van der Waals surface area contributed by atoms with Crippen LogP contribution in [-0.4, -0.2) is 10.2 Å². The van der Waals surface area contributed by atoms with E-state index in [1.54, 1.807) is 11.8 Å². The number of thioether (sulfide) groups is 1. The summed E-state index contributed by atoms with van der Waals surface area (Å²) in [7, 11) is 0. The molecule has 1 heterocycles. The van der Waals surface area contributed by atoms with Crippen molar-refractivity contribution in [1.29, 1.82) is 0 Å². The van der Waals surface area contributed by atoms with Crippen molar-refractivity contribution in [1.82, 2.24) is 10.2 Å². The van der Waals surface area contributed by atoms with Gasteiger partial charge in [0.1, 0.15) is 0 Å². The van der Waals surface area contributed by atoms with E-state index in [1.165, 1.54) is 11.1 Å². The first-order valence-corrected chi connectivity index (χ1v) is 8.46. The molecule has 0 fully saturated rings. The minimum Gasteiger partial charge on any atom is -0.420 e. The Labute approximate surface area is 138 Å². The predicted molar refractivity (Wildman–Crippen MR) is 90.9 cm³/mol. The molecule has 1 aromatic heterocycles. The minimum atomic E-state index is 0.531. The van der Waals surface area contributed by atoms with Crippen molar-refractivity contribution in [3.63, 3.8) is 0 Å². The van der Waals surface area contributed by atoms with Crippen LogP contribution in [0.5, 0.6) is 0 Å². The topological polar surface area (TPSA) is 38.9 Å². The first kappa shape index (κ1) is 15.1. The number of rotatable bonds is 5. The molecule has 0 aliphatic carbocycles. The summed E-state index contributed by atoms with van der Waals surface area (Å²) in [5, 5.41) is 8.88. The summed E-state index contributed by atoms with van der Waals surface area (Å²) in [4.78, 5) is 0. The second kappa shape index (κ2) is 6.99. The van der Waals surface area contributed by atoms with Crippen LogP contribution in [0.3, 0.4) is 0 Å². The molecule has 0 bridgehead atoms. The quantitative estimate of drug-likeness (QED) is 0.650. The number of benzene rings is 2. The van der Waals surface area contributed by atoms with Crippen LogP contribution in [0.2, 0.25) is 5.02 Å². The van der Waals surface area contributed by atoms with Gasteiger partial charge >= 0.3 is 0 Å². The van der Waals surface area contributed by atoms with Crippen molar-refractivity contribution in [3.8, 4) is 11.5 Å². The Morgan fingerprint density at radius 1 is 1.00 bits per heavy atom. The maximum atomic E-state index is 5.87. The van der Waals surface area contributed by atoms with Crippen molar-refractivity contribution in [3.05, 3.63) is 70.6 Å². The zero-order chi connectivity index (χ0) is 15.4. The van der Waals surface area contributed by atoms with E-state index >= 15 is 0 Å². The Morgan fingerprint density at radius 3 is 2.55 bits per heavy atom. The van der Waals surface area contributed by atoms with Gasteiger partial charge in [-0.2, -0.15) is 0 Å². The van der Waals surface area contributed by atoms with E-state index in [-0.39, 0.29) is 0 Å². The highest BCUT2D eigenvalue weighted by Crippen LogP contribution is 2.23. The molecular weight excluding hydrogens is 316 g/mol. The average Bonchev–Trinajstić information content (AvgIpc) is 2.99. The van der Waals surface area contributed by atoms with Gasteiger partial charge in [-0.05, 0) is 42.3 Å². The van der Waals surface area contributed by atoms with E-state index in [4.69, 9.17) is 16.0 Å². The lowest BCUT2D eigenvalue weighted by atomic mass is 10.1. The van der Waals surface area contributed by atoms with E-state index in [0.717, 1.165) is 11.3 Å². The monoisotopic (exact) mass is 330 g/mol. The van der Waals surface area contributed by atoms with Gasteiger partial charge < -0.3 is 4.42 Å². The Kier molecular flexibility index (Phi) is 4.80. The number of hydrogen-bond donors (Lipinski definition) is 0. The SMILES string of the molecule is Cc1ccccc1CSCc1nnc(-c2ccc(Cl)cc2)o1. The van der Waals surface area contributed by atoms with Crippen molar-refractivity contribution >= 4 is 23.4 Å². The highest BCUT2D eigenvalue weighted by atomic mass is 35.5. The summed E-state index contributed by atoms with van der Waals surface area (Å²) in [6.45, 7) is 2.13. The average molecular weight is 331 g/mol. The molecule has 3 aromatic rings. The fraction of sp³-hybridized carbons (Fsp3) is 0.176. The molecule has 0 unspecified atom stereocenters. The van der Waals surface area contributed by atoms with Crippen molar-refractivity contribution in [2.45, 2.75) is 18.4 Å². The lowest BCUT2D eigenvalue weighted by Gasteiger charge is -2.03. The van der Waals surface area contributed by atoms with Crippen LogP contribution < -0.4 is 0 Å². The molecule has 0 N–H and O–H groups in total. The summed E-state index contributed by atoms with van der Waals surface area (Å²) < 4.78 is 5.69. The molecule has 112 valence electrons. The van der Waals surface area contributed by atoms with Crippen LogP contribution in [0.15, 0.2) is 52.9 Å². The first-order valence-electron chi connectivity index (χ1n) is 6.93. The molecule has 0 radical (unpaired) electrons. The third kappa shape index (κ3) is 3.70. The lowest BCUT2D eigenvalue weighted by Crippen LogP contribution is -1.87. The standard InChI is InChI=1S/C17H15ClN2OS/c1-12-4-2-3-5-14(12)10-22-11-16-19-20-17(21-16)13-6-8-15(18)9-7-13/h2-9H,10-11H2,1H3. The second-order valence-electron chi connectivity index (χ2n) is 4.93. The number of halogens is 1. The third-order valence-corrected chi connectivity index (χ3v) is 4.52. The largest absolute Gasteiger partial charge is 0.420 e. The van der Waals surface area contributed by atoms with Gasteiger partial charge in [0.2, 0.25) is 11.8 Å². The molecule has 0 saturated carbocycles. The molecular formula is C17H15ClN2OS. The van der Waals surface area contributed by atoms with Crippen molar-refractivity contribution in [2.24, 2.45) is 0 Å². The van der Waals surface area contributed by atoms with Crippen LogP contribution in [0, 0.1) is 6.92 Å². The molecule has 5 heteroatoms. The molecule has 0 aliphatic rings. The fourth-order valence-electron chi connectivity index (χ4n) is 2.04. The molecule has 3 nitrogen and oxygen atoms in total. The van der Waals surface area contributed by atoms with Gasteiger partial charge in [0.05, 0.1) is 5.75 Å². The Balaban J connectivity index is 1.60. The summed E-state index contributed by atoms with van der Waals surface area (Å²) in [5.41, 5.74) is 3.53. The number of aromatic nitrogens is 2. The van der Waals surface area contributed by atoms with Gasteiger partial charge in [0.15, 0.2) is 0 Å². The maximum Gasteiger partial charge on any atom is 0.247 e. The summed E-state index contributed by atoms with van der Waals surface area (Å²) in [5.74, 6) is 2.81. The molecule has 0 aliphatic heterocycles. The van der Waals surface area contributed by atoms with E-state index in [9.17, 15) is 0 Å². The second-order valence-corrected chi connectivity index (χ2v) is 6.35. The highest BCUT2D eigenvalue weighted by Gasteiger charge is 2.08. The summed E-state index contributed by atoms with van der Waals surface area (Å²) in [6, 6.07) is 15.8. The normalized spacial score (nSPS) is 10.8. The van der Waals surface area contributed by atoms with Gasteiger partial charge in [0, 0.05) is 16.3 Å². The van der Waals surface area contributed by atoms with Gasteiger partial charge in [-0.25, -0.2) is 0 Å². The number of aryl methyl sites for hydroxylation is 1. The van der Waals surface area contributed by atoms with Crippen molar-refractivity contribution < 1.29 is 4.42 Å². The zero-order valence-corrected chi connectivity index (χ0v) is 13.7. The van der Waals surface area contributed by atoms with E-state index in [0.29, 0.717) is 22.6 Å².